The van der Waals surface area contributed by atoms with Crippen molar-refractivity contribution in [1.82, 2.24) is 20.0 Å². The predicted octanol–water partition coefficient (Wildman–Crippen LogP) is 3.14. The topological polar surface area (TPSA) is 55.1 Å². The summed E-state index contributed by atoms with van der Waals surface area (Å²) in [5.41, 5.74) is 0.906. The van der Waals surface area contributed by atoms with Gasteiger partial charge in [-0.15, -0.1) is 0 Å². The van der Waals surface area contributed by atoms with Gasteiger partial charge in [0.15, 0.2) is 0 Å². The van der Waals surface area contributed by atoms with Gasteiger partial charge in [0, 0.05) is 24.5 Å². The van der Waals surface area contributed by atoms with Crippen LogP contribution < -0.4 is 0 Å². The summed E-state index contributed by atoms with van der Waals surface area (Å²) in [6.45, 7) is 3.12. The van der Waals surface area contributed by atoms with E-state index in [0.717, 1.165) is 30.5 Å². The van der Waals surface area contributed by atoms with Gasteiger partial charge in [0.2, 0.25) is 11.7 Å². The highest BCUT2D eigenvalue weighted by molar-refractivity contribution is 5.51. The Morgan fingerprint density at radius 3 is 2.95 bits per heavy atom. The molecule has 2 aromatic rings. The second-order valence-electron chi connectivity index (χ2n) is 6.58. The third-order valence-corrected chi connectivity index (χ3v) is 5.12. The van der Waals surface area contributed by atoms with Gasteiger partial charge in [-0.3, -0.25) is 9.88 Å². The number of hydrogen-bond donors (Lipinski definition) is 0. The molecular weight excluding hydrogens is 276 g/mol. The van der Waals surface area contributed by atoms with Crippen LogP contribution >= 0.6 is 0 Å². The molecular formula is C17H22N4O. The third-order valence-electron chi connectivity index (χ3n) is 5.12. The lowest BCUT2D eigenvalue weighted by Gasteiger charge is -2.40. The fourth-order valence-electron chi connectivity index (χ4n) is 3.94. The third kappa shape index (κ3) is 2.90. The summed E-state index contributed by atoms with van der Waals surface area (Å²) in [6.07, 6.45) is 10.5. The molecule has 5 nitrogen and oxygen atoms in total. The average molecular weight is 298 g/mol. The fourth-order valence-corrected chi connectivity index (χ4v) is 3.94. The number of pyridine rings is 1. The normalized spacial score (nSPS) is 25.8. The first-order valence-electron chi connectivity index (χ1n) is 8.34. The summed E-state index contributed by atoms with van der Waals surface area (Å²) in [5, 5.41) is 4.08. The Hall–Kier alpha value is -1.75. The number of nitrogens with zero attached hydrogens (tertiary/aromatic N) is 4. The molecule has 1 aliphatic carbocycles. The standard InChI is InChI=1S/C17H22N4O/c1-2-5-15-11-21(9-7-13(15)4-1)12-16-19-17(20-22-16)14-6-3-8-18-10-14/h3,6,8,10,13,15H,1-2,4-5,7,9,11-12H2/t13-,15+/m1/s1. The molecule has 2 atom stereocenters. The van der Waals surface area contributed by atoms with Crippen molar-refractivity contribution in [2.75, 3.05) is 13.1 Å². The first-order valence-corrected chi connectivity index (χ1v) is 8.34. The van der Waals surface area contributed by atoms with Crippen molar-refractivity contribution < 1.29 is 4.52 Å². The number of likely N-dealkylation sites (tertiary alicyclic amines) is 1. The summed E-state index contributed by atoms with van der Waals surface area (Å²) in [6, 6.07) is 3.84. The Labute approximate surface area is 130 Å². The van der Waals surface area contributed by atoms with Crippen molar-refractivity contribution in [3.8, 4) is 11.4 Å². The van der Waals surface area contributed by atoms with E-state index in [4.69, 9.17) is 4.52 Å². The molecule has 0 aromatic carbocycles. The van der Waals surface area contributed by atoms with E-state index >= 15 is 0 Å². The maximum Gasteiger partial charge on any atom is 0.241 e. The zero-order chi connectivity index (χ0) is 14.8. The number of piperidine rings is 1. The molecule has 1 saturated carbocycles. The lowest BCUT2D eigenvalue weighted by Crippen LogP contribution is -2.41. The van der Waals surface area contributed by atoms with Gasteiger partial charge in [-0.05, 0) is 43.4 Å². The number of rotatable bonds is 3. The minimum atomic E-state index is 0.635. The van der Waals surface area contributed by atoms with Crippen LogP contribution in [0.2, 0.25) is 0 Å². The van der Waals surface area contributed by atoms with E-state index in [-0.39, 0.29) is 0 Å². The Morgan fingerprint density at radius 1 is 1.18 bits per heavy atom. The monoisotopic (exact) mass is 298 g/mol. The molecule has 116 valence electrons. The van der Waals surface area contributed by atoms with Crippen LogP contribution in [-0.2, 0) is 6.54 Å². The van der Waals surface area contributed by atoms with Crippen LogP contribution in [0.5, 0.6) is 0 Å². The van der Waals surface area contributed by atoms with Crippen molar-refractivity contribution in [2.45, 2.75) is 38.6 Å². The largest absolute Gasteiger partial charge is 0.338 e. The molecule has 22 heavy (non-hydrogen) atoms. The van der Waals surface area contributed by atoms with Gasteiger partial charge in [0.05, 0.1) is 6.54 Å². The Balaban J connectivity index is 1.40. The van der Waals surface area contributed by atoms with Crippen molar-refractivity contribution in [1.29, 1.82) is 0 Å². The molecule has 0 spiro atoms. The zero-order valence-electron chi connectivity index (χ0n) is 12.8. The predicted molar refractivity (Wildman–Crippen MR) is 82.9 cm³/mol. The number of aromatic nitrogens is 3. The molecule has 3 heterocycles. The minimum absolute atomic E-state index is 0.635. The van der Waals surface area contributed by atoms with Gasteiger partial charge in [0.25, 0.3) is 0 Å². The summed E-state index contributed by atoms with van der Waals surface area (Å²) < 4.78 is 5.43. The SMILES string of the molecule is c1cncc(-c2noc(CN3CC[C@H]4CCCC[C@H]4C3)n2)c1. The van der Waals surface area contributed by atoms with E-state index in [2.05, 4.69) is 20.0 Å². The maximum atomic E-state index is 5.43. The molecule has 2 fully saturated rings. The smallest absolute Gasteiger partial charge is 0.241 e. The Bertz CT molecular complexity index is 612. The Morgan fingerprint density at radius 2 is 2.09 bits per heavy atom. The second kappa shape index (κ2) is 6.16. The zero-order valence-corrected chi connectivity index (χ0v) is 12.8. The first-order chi connectivity index (χ1) is 10.9. The lowest BCUT2D eigenvalue weighted by molar-refractivity contribution is 0.0747. The lowest BCUT2D eigenvalue weighted by atomic mass is 9.75. The van der Waals surface area contributed by atoms with E-state index in [1.165, 1.54) is 38.6 Å². The molecule has 0 unspecified atom stereocenters. The van der Waals surface area contributed by atoms with Gasteiger partial charge >= 0.3 is 0 Å². The highest BCUT2D eigenvalue weighted by atomic mass is 16.5. The molecule has 0 N–H and O–H groups in total. The molecule has 2 aromatic heterocycles. The Kier molecular flexibility index (Phi) is 3.89. The maximum absolute atomic E-state index is 5.43. The molecule has 4 rings (SSSR count). The van der Waals surface area contributed by atoms with Crippen LogP contribution in [0.4, 0.5) is 0 Å². The average Bonchev–Trinajstić information content (AvgIpc) is 3.04. The van der Waals surface area contributed by atoms with E-state index in [0.29, 0.717) is 11.7 Å². The molecule has 5 heteroatoms. The molecule has 0 amide bonds. The highest BCUT2D eigenvalue weighted by Crippen LogP contribution is 2.36. The van der Waals surface area contributed by atoms with Crippen LogP contribution in [0.15, 0.2) is 29.0 Å². The van der Waals surface area contributed by atoms with E-state index in [1.54, 1.807) is 12.4 Å². The summed E-state index contributed by atoms with van der Waals surface area (Å²) in [4.78, 5) is 11.1. The van der Waals surface area contributed by atoms with Crippen LogP contribution in [-0.4, -0.2) is 33.1 Å². The quantitative estimate of drug-likeness (QED) is 0.871. The van der Waals surface area contributed by atoms with Crippen LogP contribution in [0.3, 0.4) is 0 Å². The van der Waals surface area contributed by atoms with Crippen molar-refractivity contribution in [3.05, 3.63) is 30.4 Å². The van der Waals surface area contributed by atoms with Gasteiger partial charge < -0.3 is 4.52 Å². The van der Waals surface area contributed by atoms with E-state index < -0.39 is 0 Å². The van der Waals surface area contributed by atoms with Crippen molar-refractivity contribution >= 4 is 0 Å². The van der Waals surface area contributed by atoms with Crippen LogP contribution in [0.1, 0.15) is 38.0 Å². The number of hydrogen-bond acceptors (Lipinski definition) is 5. The molecule has 0 bridgehead atoms. The van der Waals surface area contributed by atoms with Gasteiger partial charge in [-0.25, -0.2) is 0 Å². The molecule has 1 saturated heterocycles. The summed E-state index contributed by atoms with van der Waals surface area (Å²) in [7, 11) is 0. The fraction of sp³-hybridized carbons (Fsp3) is 0.588. The summed E-state index contributed by atoms with van der Waals surface area (Å²) >= 11 is 0. The van der Waals surface area contributed by atoms with Crippen molar-refractivity contribution in [3.63, 3.8) is 0 Å². The molecule has 2 aliphatic rings. The molecule has 0 radical (unpaired) electrons. The first kappa shape index (κ1) is 13.9. The minimum Gasteiger partial charge on any atom is -0.338 e. The van der Waals surface area contributed by atoms with Crippen LogP contribution in [0, 0.1) is 11.8 Å². The summed E-state index contributed by atoms with van der Waals surface area (Å²) in [5.74, 6) is 3.19. The van der Waals surface area contributed by atoms with E-state index in [9.17, 15) is 0 Å². The van der Waals surface area contributed by atoms with E-state index in [1.807, 2.05) is 12.1 Å². The second-order valence-corrected chi connectivity index (χ2v) is 6.58. The van der Waals surface area contributed by atoms with Crippen LogP contribution in [0.25, 0.3) is 11.4 Å². The van der Waals surface area contributed by atoms with Gasteiger partial charge in [-0.1, -0.05) is 24.4 Å². The van der Waals surface area contributed by atoms with Gasteiger partial charge in [-0.2, -0.15) is 4.98 Å². The van der Waals surface area contributed by atoms with Gasteiger partial charge in [0.1, 0.15) is 0 Å². The molecule has 1 aliphatic heterocycles. The van der Waals surface area contributed by atoms with Crippen molar-refractivity contribution in [2.24, 2.45) is 11.8 Å². The highest BCUT2D eigenvalue weighted by Gasteiger charge is 2.31. The number of fused-ring (bicyclic) bond motifs is 1.